The van der Waals surface area contributed by atoms with E-state index in [2.05, 4.69) is 20.2 Å². The molecule has 1 amide bonds. The van der Waals surface area contributed by atoms with Gasteiger partial charge in [-0.05, 0) is 13.3 Å². The third-order valence-corrected chi connectivity index (χ3v) is 1.64. The van der Waals surface area contributed by atoms with E-state index in [4.69, 9.17) is 0 Å². The summed E-state index contributed by atoms with van der Waals surface area (Å²) < 4.78 is 4.61. The molecule has 5 nitrogen and oxygen atoms in total. The third-order valence-electron chi connectivity index (χ3n) is 1.64. The van der Waals surface area contributed by atoms with Crippen molar-refractivity contribution in [1.82, 2.24) is 10.3 Å². The van der Waals surface area contributed by atoms with Crippen LogP contribution in [0.2, 0.25) is 0 Å². The lowest BCUT2D eigenvalue weighted by atomic mass is 10.5. The molecule has 5 heteroatoms. The van der Waals surface area contributed by atoms with Gasteiger partial charge >= 0.3 is 6.09 Å². The summed E-state index contributed by atoms with van der Waals surface area (Å²) in [7, 11) is 0. The van der Waals surface area contributed by atoms with Crippen molar-refractivity contribution < 1.29 is 9.53 Å². The minimum absolute atomic E-state index is 0.370. The summed E-state index contributed by atoms with van der Waals surface area (Å²) in [4.78, 5) is 13.0. The molecule has 1 aliphatic heterocycles. The summed E-state index contributed by atoms with van der Waals surface area (Å²) >= 11 is 0. The van der Waals surface area contributed by atoms with E-state index in [-0.39, 0.29) is 0 Å². The lowest BCUT2D eigenvalue weighted by molar-refractivity contribution is 0.152. The second-order valence-electron chi connectivity index (χ2n) is 2.77. The Kier molecular flexibility index (Phi) is 4.25. The molecule has 1 heterocycles. The van der Waals surface area contributed by atoms with Crippen LogP contribution in [-0.4, -0.2) is 43.4 Å². The first-order chi connectivity index (χ1) is 6.33. The quantitative estimate of drug-likeness (QED) is 0.384. The Labute approximate surface area is 77.7 Å². The highest BCUT2D eigenvalue weighted by Gasteiger charge is 2.14. The lowest BCUT2D eigenvalue weighted by Crippen LogP contribution is -2.18. The number of ether oxygens (including phenoxy) is 1. The Balaban J connectivity index is 1.93. The first-order valence-corrected chi connectivity index (χ1v) is 4.49. The van der Waals surface area contributed by atoms with Crippen LogP contribution in [0.4, 0.5) is 4.79 Å². The second-order valence-corrected chi connectivity index (χ2v) is 2.77. The first kappa shape index (κ1) is 9.98. The van der Waals surface area contributed by atoms with Gasteiger partial charge < -0.3 is 9.64 Å². The number of hydrogen-bond donors (Lipinski definition) is 1. The molecule has 0 saturated carbocycles. The number of nitrogens with one attached hydrogen (secondary N) is 1. The zero-order valence-electron chi connectivity index (χ0n) is 7.82. The van der Waals surface area contributed by atoms with Crippen LogP contribution in [-0.2, 0) is 4.74 Å². The monoisotopic (exact) mass is 185 g/mol. The number of rotatable bonds is 5. The normalized spacial score (nSPS) is 16.1. The van der Waals surface area contributed by atoms with Crippen LogP contribution in [0.1, 0.15) is 13.3 Å². The van der Waals surface area contributed by atoms with Gasteiger partial charge in [0.15, 0.2) is 0 Å². The molecule has 0 bridgehead atoms. The summed E-state index contributed by atoms with van der Waals surface area (Å²) in [6.07, 6.45) is 2.06. The van der Waals surface area contributed by atoms with Crippen LogP contribution in [0.3, 0.4) is 0 Å². The Hall–Kier alpha value is -1.10. The van der Waals surface area contributed by atoms with E-state index in [1.54, 1.807) is 13.1 Å². The highest BCUT2D eigenvalue weighted by molar-refractivity contribution is 5.68. The molecule has 0 aromatic heterocycles. The molecule has 0 unspecified atom stereocenters. The first-order valence-electron chi connectivity index (χ1n) is 4.49. The van der Waals surface area contributed by atoms with Gasteiger partial charge in [-0.3, -0.25) is 0 Å². The van der Waals surface area contributed by atoms with Gasteiger partial charge in [-0.2, -0.15) is 5.10 Å². The van der Waals surface area contributed by atoms with Crippen LogP contribution in [0, 0.1) is 0 Å². The summed E-state index contributed by atoms with van der Waals surface area (Å²) in [5.74, 6) is 0. The molecule has 0 aromatic rings. The molecule has 1 aliphatic rings. The molecule has 0 aliphatic carbocycles. The Bertz CT molecular complexity index is 190. The van der Waals surface area contributed by atoms with Gasteiger partial charge in [-0.1, -0.05) is 0 Å². The largest absolute Gasteiger partial charge is 0.449 e. The smallest absolute Gasteiger partial charge is 0.427 e. The Morgan fingerprint density at radius 2 is 2.46 bits per heavy atom. The maximum Gasteiger partial charge on any atom is 0.427 e. The van der Waals surface area contributed by atoms with E-state index >= 15 is 0 Å². The van der Waals surface area contributed by atoms with Crippen molar-refractivity contribution in [2.24, 2.45) is 5.10 Å². The highest BCUT2D eigenvalue weighted by Crippen LogP contribution is 2.01. The molecular weight excluding hydrogens is 170 g/mol. The van der Waals surface area contributed by atoms with Crippen LogP contribution in [0.25, 0.3) is 0 Å². The van der Waals surface area contributed by atoms with Crippen molar-refractivity contribution in [1.29, 1.82) is 0 Å². The standard InChI is InChI=1S/C8H15N3O2/c1-2-13-8(12)10-9-4-3-5-11-6-7-11/h4H,2-3,5-7H2,1H3,(H,10,12). The van der Waals surface area contributed by atoms with Gasteiger partial charge in [0.1, 0.15) is 0 Å². The molecular formula is C8H15N3O2. The maximum absolute atomic E-state index is 10.7. The van der Waals surface area contributed by atoms with Crippen molar-refractivity contribution in [2.75, 3.05) is 26.2 Å². The predicted molar refractivity (Wildman–Crippen MR) is 49.7 cm³/mol. The van der Waals surface area contributed by atoms with E-state index in [0.717, 1.165) is 13.0 Å². The average molecular weight is 185 g/mol. The fourth-order valence-corrected chi connectivity index (χ4v) is 0.861. The predicted octanol–water partition coefficient (Wildman–Crippen LogP) is 0.424. The summed E-state index contributed by atoms with van der Waals surface area (Å²) in [5.41, 5.74) is 2.27. The average Bonchev–Trinajstić information content (AvgIpc) is 2.88. The Morgan fingerprint density at radius 1 is 1.69 bits per heavy atom. The molecule has 74 valence electrons. The summed E-state index contributed by atoms with van der Waals surface area (Å²) in [5, 5.41) is 3.71. The van der Waals surface area contributed by atoms with E-state index < -0.39 is 6.09 Å². The molecule has 0 spiro atoms. The van der Waals surface area contributed by atoms with Gasteiger partial charge in [-0.25, -0.2) is 10.2 Å². The molecule has 0 aromatic carbocycles. The minimum Gasteiger partial charge on any atom is -0.449 e. The van der Waals surface area contributed by atoms with Crippen molar-refractivity contribution in [3.63, 3.8) is 0 Å². The number of nitrogens with zero attached hydrogens (tertiary/aromatic N) is 2. The van der Waals surface area contributed by atoms with Gasteiger partial charge in [0.2, 0.25) is 0 Å². The molecule has 1 fully saturated rings. The zero-order valence-corrected chi connectivity index (χ0v) is 7.82. The molecule has 1 rings (SSSR count). The number of carbonyl (C=O) groups is 1. The number of amides is 1. The van der Waals surface area contributed by atoms with Gasteiger partial charge in [0, 0.05) is 25.8 Å². The third kappa shape index (κ3) is 5.19. The molecule has 1 N–H and O–H groups in total. The van der Waals surface area contributed by atoms with E-state index in [1.807, 2.05) is 0 Å². The van der Waals surface area contributed by atoms with Crippen LogP contribution >= 0.6 is 0 Å². The minimum atomic E-state index is -0.495. The highest BCUT2D eigenvalue weighted by atomic mass is 16.5. The Morgan fingerprint density at radius 3 is 3.08 bits per heavy atom. The zero-order chi connectivity index (χ0) is 9.52. The molecule has 0 radical (unpaired) electrons. The molecule has 13 heavy (non-hydrogen) atoms. The van der Waals surface area contributed by atoms with Crippen molar-refractivity contribution >= 4 is 12.3 Å². The van der Waals surface area contributed by atoms with Crippen molar-refractivity contribution in [3.05, 3.63) is 0 Å². The molecule has 0 atom stereocenters. The number of carbonyl (C=O) groups excluding carboxylic acids is 1. The lowest BCUT2D eigenvalue weighted by Gasteiger charge is -1.98. The second kappa shape index (κ2) is 5.53. The van der Waals surface area contributed by atoms with Crippen LogP contribution in [0.15, 0.2) is 5.10 Å². The number of hydrogen-bond acceptors (Lipinski definition) is 4. The topological polar surface area (TPSA) is 53.7 Å². The van der Waals surface area contributed by atoms with Crippen LogP contribution in [0.5, 0.6) is 0 Å². The number of hydrazone groups is 1. The van der Waals surface area contributed by atoms with Crippen molar-refractivity contribution in [2.45, 2.75) is 13.3 Å². The maximum atomic E-state index is 10.7. The van der Waals surface area contributed by atoms with E-state index in [9.17, 15) is 4.79 Å². The van der Waals surface area contributed by atoms with Gasteiger partial charge in [0.25, 0.3) is 0 Å². The summed E-state index contributed by atoms with van der Waals surface area (Å²) in [6, 6.07) is 0. The summed E-state index contributed by atoms with van der Waals surface area (Å²) in [6.45, 7) is 5.53. The van der Waals surface area contributed by atoms with Gasteiger partial charge in [-0.15, -0.1) is 0 Å². The van der Waals surface area contributed by atoms with E-state index in [0.29, 0.717) is 6.61 Å². The molecule has 1 saturated heterocycles. The fourth-order valence-electron chi connectivity index (χ4n) is 0.861. The SMILES string of the molecule is CCOC(=O)NN=CCCN1CC1. The van der Waals surface area contributed by atoms with Gasteiger partial charge in [0.05, 0.1) is 6.61 Å². The van der Waals surface area contributed by atoms with Crippen molar-refractivity contribution in [3.8, 4) is 0 Å². The fraction of sp³-hybridized carbons (Fsp3) is 0.750. The van der Waals surface area contributed by atoms with E-state index in [1.165, 1.54) is 13.1 Å². The van der Waals surface area contributed by atoms with Crippen LogP contribution < -0.4 is 5.43 Å².